The lowest BCUT2D eigenvalue weighted by atomic mass is 9.92. The number of benzene rings is 2. The van der Waals surface area contributed by atoms with Crippen molar-refractivity contribution in [1.82, 2.24) is 4.98 Å². The standard InChI is InChI=1S/C25H25FN2O2/c1-15(2)19-5-3-4-6-20(19)16-7-9-23(26)17(11-16)13-27-18-8-10-24(28-14-18)21-12-22(21)25(29)30/h3-11,14-15,21-22,27H,12-13H2,1-2H3,(H,29,30)/t21-,22-/m0/s1. The molecule has 5 heteroatoms. The Morgan fingerprint density at radius 1 is 1.20 bits per heavy atom. The maximum atomic E-state index is 14.4. The Hall–Kier alpha value is -3.21. The summed E-state index contributed by atoms with van der Waals surface area (Å²) in [6.07, 6.45) is 2.33. The largest absolute Gasteiger partial charge is 0.481 e. The molecule has 1 fully saturated rings. The lowest BCUT2D eigenvalue weighted by molar-refractivity contribution is -0.138. The maximum Gasteiger partial charge on any atom is 0.307 e. The van der Waals surface area contributed by atoms with Crippen molar-refractivity contribution >= 4 is 11.7 Å². The van der Waals surface area contributed by atoms with Gasteiger partial charge in [0.05, 0.1) is 17.8 Å². The minimum absolute atomic E-state index is 0.00621. The number of carboxylic acid groups (broad SMARTS) is 1. The summed E-state index contributed by atoms with van der Waals surface area (Å²) in [6, 6.07) is 17.2. The third-order valence-electron chi connectivity index (χ3n) is 5.70. The quantitative estimate of drug-likeness (QED) is 0.521. The van der Waals surface area contributed by atoms with Gasteiger partial charge in [0.1, 0.15) is 5.82 Å². The summed E-state index contributed by atoms with van der Waals surface area (Å²) in [4.78, 5) is 15.4. The normalized spacial score (nSPS) is 17.7. The fourth-order valence-electron chi connectivity index (χ4n) is 3.86. The Kier molecular flexibility index (Phi) is 5.53. The molecule has 1 aliphatic rings. The van der Waals surface area contributed by atoms with Gasteiger partial charge in [0.2, 0.25) is 0 Å². The van der Waals surface area contributed by atoms with Gasteiger partial charge in [0.15, 0.2) is 0 Å². The van der Waals surface area contributed by atoms with Crippen molar-refractivity contribution in [2.24, 2.45) is 5.92 Å². The second-order valence-corrected chi connectivity index (χ2v) is 8.16. The van der Waals surface area contributed by atoms with Crippen molar-refractivity contribution in [1.29, 1.82) is 0 Å². The zero-order chi connectivity index (χ0) is 21.3. The highest BCUT2D eigenvalue weighted by Gasteiger charge is 2.45. The average Bonchev–Trinajstić information content (AvgIpc) is 3.55. The van der Waals surface area contributed by atoms with Crippen LogP contribution in [0, 0.1) is 11.7 Å². The van der Waals surface area contributed by atoms with Crippen LogP contribution in [-0.2, 0) is 11.3 Å². The Morgan fingerprint density at radius 3 is 2.67 bits per heavy atom. The number of aliphatic carboxylic acids is 1. The summed E-state index contributed by atoms with van der Waals surface area (Å²) in [5.74, 6) is -0.947. The van der Waals surface area contributed by atoms with Gasteiger partial charge in [-0.1, -0.05) is 44.2 Å². The second-order valence-electron chi connectivity index (χ2n) is 8.16. The van der Waals surface area contributed by atoms with E-state index >= 15 is 0 Å². The van der Waals surface area contributed by atoms with Crippen LogP contribution >= 0.6 is 0 Å². The topological polar surface area (TPSA) is 62.2 Å². The number of nitrogens with one attached hydrogen (secondary N) is 1. The van der Waals surface area contributed by atoms with Gasteiger partial charge >= 0.3 is 5.97 Å². The molecule has 1 aliphatic carbocycles. The van der Waals surface area contributed by atoms with Gasteiger partial charge in [0, 0.05) is 23.7 Å². The van der Waals surface area contributed by atoms with Crippen molar-refractivity contribution < 1.29 is 14.3 Å². The minimum atomic E-state index is -0.765. The van der Waals surface area contributed by atoms with Gasteiger partial charge < -0.3 is 10.4 Å². The van der Waals surface area contributed by atoms with Crippen LogP contribution in [0.2, 0.25) is 0 Å². The van der Waals surface area contributed by atoms with Crippen molar-refractivity contribution in [3.05, 3.63) is 83.4 Å². The first-order valence-electron chi connectivity index (χ1n) is 10.2. The number of aromatic nitrogens is 1. The summed E-state index contributed by atoms with van der Waals surface area (Å²) in [5.41, 5.74) is 5.52. The van der Waals surface area contributed by atoms with Gasteiger partial charge in [0.25, 0.3) is 0 Å². The fourth-order valence-corrected chi connectivity index (χ4v) is 3.86. The lowest BCUT2D eigenvalue weighted by Gasteiger charge is -2.14. The molecule has 4 rings (SSSR count). The second kappa shape index (κ2) is 8.27. The predicted octanol–water partition coefficient (Wildman–Crippen LogP) is 5.81. The highest BCUT2D eigenvalue weighted by atomic mass is 19.1. The average molecular weight is 404 g/mol. The van der Waals surface area contributed by atoms with Gasteiger partial charge in [-0.25, -0.2) is 4.39 Å². The van der Waals surface area contributed by atoms with Crippen LogP contribution in [-0.4, -0.2) is 16.1 Å². The zero-order valence-electron chi connectivity index (χ0n) is 17.1. The smallest absolute Gasteiger partial charge is 0.307 e. The molecule has 0 aliphatic heterocycles. The Morgan fingerprint density at radius 2 is 2.00 bits per heavy atom. The molecule has 30 heavy (non-hydrogen) atoms. The molecule has 1 heterocycles. The monoisotopic (exact) mass is 404 g/mol. The molecule has 0 spiro atoms. The number of hydrogen-bond donors (Lipinski definition) is 2. The van der Waals surface area contributed by atoms with Crippen molar-refractivity contribution in [3.8, 4) is 11.1 Å². The van der Waals surface area contributed by atoms with E-state index in [9.17, 15) is 9.18 Å². The van der Waals surface area contributed by atoms with E-state index in [2.05, 4.69) is 36.3 Å². The molecule has 3 aromatic rings. The molecule has 2 aromatic carbocycles. The number of hydrogen-bond acceptors (Lipinski definition) is 3. The molecule has 1 saturated carbocycles. The molecular weight excluding hydrogens is 379 g/mol. The molecule has 2 atom stereocenters. The fraction of sp³-hybridized carbons (Fsp3) is 0.280. The summed E-state index contributed by atoms with van der Waals surface area (Å²) in [5, 5.41) is 12.3. The number of carbonyl (C=O) groups is 1. The molecule has 0 bridgehead atoms. The number of rotatable bonds is 7. The van der Waals surface area contributed by atoms with Crippen LogP contribution in [0.3, 0.4) is 0 Å². The first-order valence-corrected chi connectivity index (χ1v) is 10.2. The van der Waals surface area contributed by atoms with E-state index in [0.29, 0.717) is 24.4 Å². The van der Waals surface area contributed by atoms with E-state index in [1.165, 1.54) is 11.6 Å². The molecule has 154 valence electrons. The van der Waals surface area contributed by atoms with Gasteiger partial charge in [-0.3, -0.25) is 9.78 Å². The van der Waals surface area contributed by atoms with Gasteiger partial charge in [-0.2, -0.15) is 0 Å². The lowest BCUT2D eigenvalue weighted by Crippen LogP contribution is -2.04. The van der Waals surface area contributed by atoms with E-state index in [4.69, 9.17) is 5.11 Å². The van der Waals surface area contributed by atoms with Gasteiger partial charge in [-0.15, -0.1) is 0 Å². The van der Waals surface area contributed by atoms with E-state index in [1.807, 2.05) is 36.4 Å². The number of nitrogens with zero attached hydrogens (tertiary/aromatic N) is 1. The van der Waals surface area contributed by atoms with Crippen LogP contribution in [0.25, 0.3) is 11.1 Å². The van der Waals surface area contributed by atoms with Crippen LogP contribution in [0.4, 0.5) is 10.1 Å². The highest BCUT2D eigenvalue weighted by Crippen LogP contribution is 2.46. The van der Waals surface area contributed by atoms with Crippen LogP contribution in [0.5, 0.6) is 0 Å². The Balaban J connectivity index is 1.48. The molecule has 4 nitrogen and oxygen atoms in total. The first kappa shape index (κ1) is 20.1. The third-order valence-corrected chi connectivity index (χ3v) is 5.70. The minimum Gasteiger partial charge on any atom is -0.481 e. The number of carboxylic acids is 1. The van der Waals surface area contributed by atoms with Crippen LogP contribution in [0.15, 0.2) is 60.8 Å². The summed E-state index contributed by atoms with van der Waals surface area (Å²) < 4.78 is 14.4. The third kappa shape index (κ3) is 4.20. The molecule has 0 unspecified atom stereocenters. The highest BCUT2D eigenvalue weighted by molar-refractivity contribution is 5.75. The molecule has 0 radical (unpaired) electrons. The Bertz CT molecular complexity index is 1060. The maximum absolute atomic E-state index is 14.4. The Labute approximate surface area is 175 Å². The van der Waals surface area contributed by atoms with E-state index in [-0.39, 0.29) is 17.7 Å². The number of pyridine rings is 1. The molecule has 1 aromatic heterocycles. The summed E-state index contributed by atoms with van der Waals surface area (Å²) in [7, 11) is 0. The number of anilines is 1. The molecule has 0 saturated heterocycles. The zero-order valence-corrected chi connectivity index (χ0v) is 17.1. The molecule has 0 amide bonds. The van der Waals surface area contributed by atoms with Crippen molar-refractivity contribution in [2.45, 2.75) is 38.6 Å². The van der Waals surface area contributed by atoms with E-state index in [0.717, 1.165) is 22.5 Å². The summed E-state index contributed by atoms with van der Waals surface area (Å²) in [6.45, 7) is 4.65. The molecular formula is C25H25FN2O2. The van der Waals surface area contributed by atoms with E-state index < -0.39 is 5.97 Å². The van der Waals surface area contributed by atoms with Gasteiger partial charge in [-0.05, 0) is 53.3 Å². The van der Waals surface area contributed by atoms with Crippen LogP contribution < -0.4 is 5.32 Å². The SMILES string of the molecule is CC(C)c1ccccc1-c1ccc(F)c(CNc2ccc([C@H]3C[C@@H]3C(=O)O)nc2)c1. The van der Waals surface area contributed by atoms with E-state index in [1.54, 1.807) is 6.20 Å². The number of halogens is 1. The summed E-state index contributed by atoms with van der Waals surface area (Å²) >= 11 is 0. The van der Waals surface area contributed by atoms with Crippen LogP contribution in [0.1, 0.15) is 48.9 Å². The van der Waals surface area contributed by atoms with Crippen molar-refractivity contribution in [3.63, 3.8) is 0 Å². The predicted molar refractivity (Wildman–Crippen MR) is 116 cm³/mol. The van der Waals surface area contributed by atoms with Crippen molar-refractivity contribution in [2.75, 3.05) is 5.32 Å². The molecule has 2 N–H and O–H groups in total. The first-order chi connectivity index (χ1) is 14.4.